The van der Waals surface area contributed by atoms with Crippen molar-refractivity contribution in [2.75, 3.05) is 13.2 Å². The highest BCUT2D eigenvalue weighted by Gasteiger charge is 2.46. The average Bonchev–Trinajstić information content (AvgIpc) is 2.69. The first kappa shape index (κ1) is 19.8. The van der Waals surface area contributed by atoms with Crippen molar-refractivity contribution in [1.29, 1.82) is 0 Å². The van der Waals surface area contributed by atoms with Crippen molar-refractivity contribution < 1.29 is 18.3 Å². The van der Waals surface area contributed by atoms with Crippen LogP contribution in [0.15, 0.2) is 18.2 Å². The molecule has 1 atom stereocenters. The van der Waals surface area contributed by atoms with Gasteiger partial charge in [-0.1, -0.05) is 58.4 Å². The molecule has 4 heteroatoms. The fourth-order valence-corrected chi connectivity index (χ4v) is 5.29. The Hall–Kier alpha value is -1.00. The second-order valence-corrected chi connectivity index (χ2v) is 8.06. The topological polar surface area (TPSA) is 18.5 Å². The lowest BCUT2D eigenvalue weighted by molar-refractivity contribution is -0.233. The van der Waals surface area contributed by atoms with Gasteiger partial charge in [0.15, 0.2) is 17.9 Å². The Balaban J connectivity index is 1.72. The second kappa shape index (κ2) is 8.79. The minimum Gasteiger partial charge on any atom is -0.348 e. The van der Waals surface area contributed by atoms with E-state index in [1.165, 1.54) is 57.4 Å². The zero-order valence-electron chi connectivity index (χ0n) is 16.1. The molecule has 1 aromatic carbocycles. The first-order chi connectivity index (χ1) is 12.6. The van der Waals surface area contributed by atoms with Crippen molar-refractivity contribution in [3.63, 3.8) is 0 Å². The molecule has 2 nitrogen and oxygen atoms in total. The lowest BCUT2D eigenvalue weighted by atomic mass is 9.57. The molecule has 26 heavy (non-hydrogen) atoms. The van der Waals surface area contributed by atoms with Gasteiger partial charge in [-0.3, -0.25) is 0 Å². The van der Waals surface area contributed by atoms with Crippen LogP contribution in [-0.2, 0) is 9.47 Å². The predicted molar refractivity (Wildman–Crippen MR) is 98.7 cm³/mol. The Morgan fingerprint density at radius 2 is 1.73 bits per heavy atom. The van der Waals surface area contributed by atoms with E-state index in [1.54, 1.807) is 6.07 Å². The third-order valence-corrected chi connectivity index (χ3v) is 6.65. The maximum Gasteiger partial charge on any atom is 0.183 e. The molecule has 0 N–H and O–H groups in total. The van der Waals surface area contributed by atoms with Crippen LogP contribution in [0.2, 0.25) is 0 Å². The normalized spacial score (nSPS) is 27.2. The summed E-state index contributed by atoms with van der Waals surface area (Å²) in [5.74, 6) is -0.589. The summed E-state index contributed by atoms with van der Waals surface area (Å²) in [4.78, 5) is 0. The SMILES string of the molecule is CCCC(CC)C1(C2COC(c3ccc(F)c(F)c3)OC2)CCCCC1. The largest absolute Gasteiger partial charge is 0.348 e. The molecule has 1 aliphatic carbocycles. The van der Waals surface area contributed by atoms with Gasteiger partial charge in [0.1, 0.15) is 0 Å². The van der Waals surface area contributed by atoms with Gasteiger partial charge in [-0.2, -0.15) is 0 Å². The third-order valence-electron chi connectivity index (χ3n) is 6.65. The molecule has 3 rings (SSSR count). The van der Waals surface area contributed by atoms with E-state index in [4.69, 9.17) is 9.47 Å². The zero-order valence-corrected chi connectivity index (χ0v) is 16.1. The van der Waals surface area contributed by atoms with Crippen LogP contribution in [0.3, 0.4) is 0 Å². The average molecular weight is 366 g/mol. The maximum absolute atomic E-state index is 13.5. The van der Waals surface area contributed by atoms with E-state index in [-0.39, 0.29) is 0 Å². The fraction of sp³-hybridized carbons (Fsp3) is 0.727. The highest BCUT2D eigenvalue weighted by atomic mass is 19.2. The molecule has 1 aromatic rings. The van der Waals surface area contributed by atoms with Gasteiger partial charge in [-0.05, 0) is 36.3 Å². The van der Waals surface area contributed by atoms with Crippen LogP contribution in [0.5, 0.6) is 0 Å². The van der Waals surface area contributed by atoms with Crippen LogP contribution in [0.25, 0.3) is 0 Å². The molecule has 0 radical (unpaired) electrons. The minimum absolute atomic E-state index is 0.308. The number of hydrogen-bond donors (Lipinski definition) is 0. The number of hydrogen-bond acceptors (Lipinski definition) is 2. The van der Waals surface area contributed by atoms with Gasteiger partial charge in [0.2, 0.25) is 0 Å². The lowest BCUT2D eigenvalue weighted by Crippen LogP contribution is -2.46. The number of rotatable bonds is 6. The lowest BCUT2D eigenvalue weighted by Gasteiger charge is -2.51. The van der Waals surface area contributed by atoms with E-state index in [2.05, 4.69) is 13.8 Å². The molecule has 0 bridgehead atoms. The number of halogens is 2. The van der Waals surface area contributed by atoms with Gasteiger partial charge in [0, 0.05) is 11.5 Å². The first-order valence-electron chi connectivity index (χ1n) is 10.3. The Morgan fingerprint density at radius 3 is 2.31 bits per heavy atom. The smallest absolute Gasteiger partial charge is 0.183 e. The first-order valence-corrected chi connectivity index (χ1v) is 10.3. The molecular weight excluding hydrogens is 334 g/mol. The molecule has 0 spiro atoms. The van der Waals surface area contributed by atoms with E-state index in [0.717, 1.165) is 6.07 Å². The van der Waals surface area contributed by atoms with E-state index in [1.807, 2.05) is 0 Å². The second-order valence-electron chi connectivity index (χ2n) is 8.06. The van der Waals surface area contributed by atoms with E-state index < -0.39 is 17.9 Å². The van der Waals surface area contributed by atoms with E-state index >= 15 is 0 Å². The molecule has 1 unspecified atom stereocenters. The van der Waals surface area contributed by atoms with Gasteiger partial charge in [0.05, 0.1) is 13.2 Å². The molecule has 2 aliphatic rings. The van der Waals surface area contributed by atoms with E-state index in [0.29, 0.717) is 36.0 Å². The van der Waals surface area contributed by atoms with Crippen LogP contribution < -0.4 is 0 Å². The van der Waals surface area contributed by atoms with Crippen molar-refractivity contribution in [2.24, 2.45) is 17.3 Å². The highest BCUT2D eigenvalue weighted by Crippen LogP contribution is 2.52. The third kappa shape index (κ3) is 3.96. The van der Waals surface area contributed by atoms with Gasteiger partial charge >= 0.3 is 0 Å². The van der Waals surface area contributed by atoms with Crippen LogP contribution in [0.4, 0.5) is 8.78 Å². The molecule has 0 amide bonds. The molecule has 2 fully saturated rings. The van der Waals surface area contributed by atoms with E-state index in [9.17, 15) is 8.78 Å². The summed E-state index contributed by atoms with van der Waals surface area (Å²) >= 11 is 0. The number of ether oxygens (including phenoxy) is 2. The van der Waals surface area contributed by atoms with Gasteiger partial charge in [-0.15, -0.1) is 0 Å². The van der Waals surface area contributed by atoms with Gasteiger partial charge in [0.25, 0.3) is 0 Å². The predicted octanol–water partition coefficient (Wildman–Crippen LogP) is 6.40. The minimum atomic E-state index is -0.852. The van der Waals surface area contributed by atoms with Crippen LogP contribution in [0, 0.1) is 28.9 Å². The zero-order chi connectivity index (χ0) is 18.6. The molecule has 0 aromatic heterocycles. The van der Waals surface area contributed by atoms with Crippen molar-refractivity contribution in [3.8, 4) is 0 Å². The number of benzene rings is 1. The summed E-state index contributed by atoms with van der Waals surface area (Å²) in [5.41, 5.74) is 0.864. The maximum atomic E-state index is 13.5. The molecule has 146 valence electrons. The van der Waals surface area contributed by atoms with Crippen molar-refractivity contribution >= 4 is 0 Å². The monoisotopic (exact) mass is 366 g/mol. The van der Waals surface area contributed by atoms with Crippen molar-refractivity contribution in [3.05, 3.63) is 35.4 Å². The molecule has 1 heterocycles. The standard InChI is InChI=1S/C22H32F2O2/c1-3-8-17(4-2)22(11-6-5-7-12-22)18-14-25-21(26-15-18)16-9-10-19(23)20(24)13-16/h9-10,13,17-18,21H,3-8,11-12,14-15H2,1-2H3. The Bertz CT molecular complexity index is 576. The summed E-state index contributed by atoms with van der Waals surface area (Å²) in [6.07, 6.45) is 9.54. The Labute approximate surface area is 156 Å². The van der Waals surface area contributed by atoms with Crippen LogP contribution >= 0.6 is 0 Å². The van der Waals surface area contributed by atoms with Crippen LogP contribution in [0.1, 0.15) is 77.1 Å². The summed E-state index contributed by atoms with van der Waals surface area (Å²) in [6.45, 7) is 5.87. The quantitative estimate of drug-likeness (QED) is 0.580. The molecule has 1 saturated carbocycles. The Morgan fingerprint density at radius 1 is 1.04 bits per heavy atom. The summed E-state index contributed by atoms with van der Waals surface area (Å²) < 4.78 is 38.7. The van der Waals surface area contributed by atoms with Crippen LogP contribution in [-0.4, -0.2) is 13.2 Å². The van der Waals surface area contributed by atoms with Gasteiger partial charge < -0.3 is 9.47 Å². The summed E-state index contributed by atoms with van der Waals surface area (Å²) in [7, 11) is 0. The molecule has 1 saturated heterocycles. The van der Waals surface area contributed by atoms with Crippen molar-refractivity contribution in [2.45, 2.75) is 71.5 Å². The van der Waals surface area contributed by atoms with Crippen molar-refractivity contribution in [1.82, 2.24) is 0 Å². The molecule has 1 aliphatic heterocycles. The van der Waals surface area contributed by atoms with Gasteiger partial charge in [-0.25, -0.2) is 8.78 Å². The summed E-state index contributed by atoms with van der Waals surface area (Å²) in [6, 6.07) is 3.87. The molecular formula is C22H32F2O2. The Kier molecular flexibility index (Phi) is 6.68. The summed E-state index contributed by atoms with van der Waals surface area (Å²) in [5, 5.41) is 0. The highest BCUT2D eigenvalue weighted by molar-refractivity contribution is 5.19. The fourth-order valence-electron chi connectivity index (χ4n) is 5.29.